The Bertz CT molecular complexity index is 636. The van der Waals surface area contributed by atoms with Gasteiger partial charge in [-0.15, -0.1) is 0 Å². The number of benzene rings is 3. The van der Waals surface area contributed by atoms with E-state index in [0.29, 0.717) is 0 Å². The molecule has 6 radical (unpaired) electrons. The zero-order valence-electron chi connectivity index (χ0n) is 16.5. The van der Waals surface area contributed by atoms with E-state index in [9.17, 15) is 26.3 Å². The summed E-state index contributed by atoms with van der Waals surface area (Å²) >= 11 is 0. The molecule has 0 bridgehead atoms. The van der Waals surface area contributed by atoms with Gasteiger partial charge in [0.05, 0.1) is 0 Å². The van der Waals surface area contributed by atoms with Gasteiger partial charge >= 0.3 is 12.4 Å². The van der Waals surface area contributed by atoms with Crippen molar-refractivity contribution in [3.63, 3.8) is 0 Å². The number of hydrogen-bond donors (Lipinski definition) is 0. The van der Waals surface area contributed by atoms with Gasteiger partial charge in [-0.05, 0) is 18.2 Å². The van der Waals surface area contributed by atoms with Gasteiger partial charge in [0.1, 0.15) is 11.9 Å². The molecule has 0 unspecified atom stereocenters. The van der Waals surface area contributed by atoms with Gasteiger partial charge in [-0.1, -0.05) is 91.0 Å². The monoisotopic (exact) mass is 578 g/mol. The van der Waals surface area contributed by atoms with Crippen LogP contribution in [-0.2, 0) is 9.59 Å². The molecule has 0 aliphatic rings. The van der Waals surface area contributed by atoms with Gasteiger partial charge in [-0.25, -0.2) is 0 Å². The number of hydrogen-bond acceptors (Lipinski definition) is 4. The largest absolute Gasteiger partial charge is 0.542 e. The van der Waals surface area contributed by atoms with E-state index in [-0.39, 0.29) is 24.4 Å². The van der Waals surface area contributed by atoms with Crippen LogP contribution in [-0.4, -0.2) is 48.7 Å². The predicted octanol–water partition coefficient (Wildman–Crippen LogP) is 2.68. The second-order valence-corrected chi connectivity index (χ2v) is 4.80. The molecular formula is C22H15F6O4Sb-2. The first kappa shape index (κ1) is 34.6. The number of alkyl halides is 6. The molecule has 3 rings (SSSR count). The summed E-state index contributed by atoms with van der Waals surface area (Å²) < 4.78 is 63.1. The van der Waals surface area contributed by atoms with Gasteiger partial charge in [0, 0.05) is 24.4 Å². The number of carbonyl (C=O) groups excluding carboxylic acids is 2. The van der Waals surface area contributed by atoms with Crippen molar-refractivity contribution in [1.29, 1.82) is 0 Å². The predicted molar refractivity (Wildman–Crippen MR) is 104 cm³/mol. The molecule has 3 aromatic carbocycles. The summed E-state index contributed by atoms with van der Waals surface area (Å²) in [6.07, 6.45) is -10.4. The van der Waals surface area contributed by atoms with E-state index in [2.05, 4.69) is 18.2 Å². The molecule has 0 saturated carbocycles. The molecule has 0 heterocycles. The first-order chi connectivity index (χ1) is 14.9. The van der Waals surface area contributed by atoms with Gasteiger partial charge in [0.25, 0.3) is 0 Å². The summed E-state index contributed by atoms with van der Waals surface area (Å²) in [6.45, 7) is 0. The minimum Gasteiger partial charge on any atom is -0.542 e. The van der Waals surface area contributed by atoms with Crippen LogP contribution in [0.3, 0.4) is 0 Å². The number of halogens is 6. The molecule has 0 aromatic heterocycles. The summed E-state index contributed by atoms with van der Waals surface area (Å²) in [6, 6.07) is 37.5. The van der Waals surface area contributed by atoms with Crippen molar-refractivity contribution in [2.24, 2.45) is 0 Å². The summed E-state index contributed by atoms with van der Waals surface area (Å²) in [7, 11) is 0. The molecule has 176 valence electrons. The topological polar surface area (TPSA) is 80.3 Å². The Morgan fingerprint density at radius 3 is 0.667 bits per heavy atom. The van der Waals surface area contributed by atoms with Crippen LogP contribution in [0.5, 0.6) is 0 Å². The zero-order chi connectivity index (χ0) is 24.9. The van der Waals surface area contributed by atoms with Crippen LogP contribution in [0.15, 0.2) is 91.0 Å². The van der Waals surface area contributed by atoms with Crippen molar-refractivity contribution < 1.29 is 46.1 Å². The standard InChI is InChI=1S/3C6H5.2C2HF3O2.Sb/c3*1-2-4-6-5-3-1;2*3-2(4,5)1(6)7;/h3*1-5H;2*(H,6,7);/p-2. The molecule has 4 nitrogen and oxygen atoms in total. The van der Waals surface area contributed by atoms with Crippen LogP contribution in [0.2, 0.25) is 0 Å². The molecule has 0 fully saturated rings. The van der Waals surface area contributed by atoms with E-state index < -0.39 is 24.3 Å². The maximum Gasteiger partial charge on any atom is 0.430 e. The van der Waals surface area contributed by atoms with Crippen molar-refractivity contribution in [3.8, 4) is 0 Å². The first-order valence-electron chi connectivity index (χ1n) is 8.18. The fourth-order valence-corrected chi connectivity index (χ4v) is 1.03. The number of carboxylic acid groups (broad SMARTS) is 2. The van der Waals surface area contributed by atoms with Crippen molar-refractivity contribution in [1.82, 2.24) is 0 Å². The summed E-state index contributed by atoms with van der Waals surface area (Å²) in [4.78, 5) is 17.6. The Kier molecular flexibility index (Phi) is 21.9. The zero-order valence-corrected chi connectivity index (χ0v) is 19.1. The van der Waals surface area contributed by atoms with Crippen LogP contribution in [0.1, 0.15) is 0 Å². The van der Waals surface area contributed by atoms with Crippen LogP contribution >= 0.6 is 0 Å². The third kappa shape index (κ3) is 29.0. The van der Waals surface area contributed by atoms with Gasteiger partial charge < -0.3 is 19.8 Å². The molecule has 0 saturated heterocycles. The average molecular weight is 579 g/mol. The van der Waals surface area contributed by atoms with Gasteiger partial charge in [-0.3, -0.25) is 0 Å². The Balaban J connectivity index is -0.000000338. The Morgan fingerprint density at radius 2 is 0.636 bits per heavy atom. The van der Waals surface area contributed by atoms with E-state index in [4.69, 9.17) is 19.8 Å². The molecule has 33 heavy (non-hydrogen) atoms. The minimum absolute atomic E-state index is 0. The fourth-order valence-electron chi connectivity index (χ4n) is 1.03. The minimum atomic E-state index is -5.19. The second-order valence-electron chi connectivity index (χ2n) is 4.80. The molecule has 0 spiro atoms. The van der Waals surface area contributed by atoms with E-state index >= 15 is 0 Å². The third-order valence-corrected chi connectivity index (χ3v) is 2.28. The molecule has 3 aromatic rings. The maximum absolute atomic E-state index is 10.5. The van der Waals surface area contributed by atoms with E-state index in [0.717, 1.165) is 0 Å². The van der Waals surface area contributed by atoms with Crippen molar-refractivity contribution in [2.75, 3.05) is 0 Å². The Hall–Kier alpha value is -3.00. The van der Waals surface area contributed by atoms with Crippen molar-refractivity contribution in [3.05, 3.63) is 109 Å². The number of carbonyl (C=O) groups is 2. The molecular weight excluding hydrogens is 564 g/mol. The number of carboxylic acids is 2. The Labute approximate surface area is 204 Å². The third-order valence-electron chi connectivity index (χ3n) is 2.28. The van der Waals surface area contributed by atoms with Crippen molar-refractivity contribution in [2.45, 2.75) is 12.4 Å². The van der Waals surface area contributed by atoms with Crippen LogP contribution < -0.4 is 10.2 Å². The summed E-state index contributed by atoms with van der Waals surface area (Å²) in [5, 5.41) is 17.6. The smallest absolute Gasteiger partial charge is 0.430 e. The molecule has 0 atom stereocenters. The van der Waals surface area contributed by atoms with Gasteiger partial charge in [0.2, 0.25) is 0 Å². The number of rotatable bonds is 0. The van der Waals surface area contributed by atoms with E-state index in [1.165, 1.54) is 0 Å². The van der Waals surface area contributed by atoms with Crippen LogP contribution in [0.25, 0.3) is 0 Å². The molecule has 11 heteroatoms. The van der Waals surface area contributed by atoms with Crippen LogP contribution in [0, 0.1) is 18.2 Å². The fraction of sp³-hybridized carbons (Fsp3) is 0.0909. The summed E-state index contributed by atoms with van der Waals surface area (Å²) in [5.74, 6) is -6.01. The van der Waals surface area contributed by atoms with Gasteiger partial charge in [-0.2, -0.15) is 26.3 Å². The molecule has 0 aliphatic carbocycles. The second kappa shape index (κ2) is 20.9. The quantitative estimate of drug-likeness (QED) is 0.303. The normalized spacial score (nSPS) is 9.15. The molecule has 0 amide bonds. The summed E-state index contributed by atoms with van der Waals surface area (Å²) in [5.41, 5.74) is 0. The maximum atomic E-state index is 10.5. The van der Waals surface area contributed by atoms with E-state index in [1.54, 1.807) is 0 Å². The van der Waals surface area contributed by atoms with Crippen LogP contribution in [0.4, 0.5) is 26.3 Å². The molecule has 0 aliphatic heterocycles. The van der Waals surface area contributed by atoms with E-state index in [1.807, 2.05) is 91.0 Å². The number of aliphatic carboxylic acids is 2. The average Bonchev–Trinajstić information content (AvgIpc) is 2.78. The Morgan fingerprint density at radius 1 is 0.485 bits per heavy atom. The van der Waals surface area contributed by atoms with Gasteiger partial charge in [0.15, 0.2) is 0 Å². The molecule has 0 N–H and O–H groups in total. The first-order valence-corrected chi connectivity index (χ1v) is 8.18. The van der Waals surface area contributed by atoms with Crippen molar-refractivity contribution >= 4 is 36.4 Å². The SMILES string of the molecule is O=C([O-])C(F)(F)F.O=C([O-])C(F)(F)F.[Sb].[c]1ccccc1.[c]1ccccc1.[c]1ccccc1.